The van der Waals surface area contributed by atoms with E-state index in [4.69, 9.17) is 4.98 Å². The zero-order valence-electron chi connectivity index (χ0n) is 13.8. The van der Waals surface area contributed by atoms with Crippen molar-refractivity contribution in [2.75, 3.05) is 0 Å². The average molecular weight is 359 g/mol. The lowest BCUT2D eigenvalue weighted by Gasteiger charge is -1.99. The van der Waals surface area contributed by atoms with Crippen molar-refractivity contribution in [3.8, 4) is 22.0 Å². The lowest BCUT2D eigenvalue weighted by atomic mass is 10.1. The molecule has 0 aliphatic heterocycles. The molecule has 0 radical (unpaired) electrons. The Morgan fingerprint density at radius 1 is 1.04 bits per heavy atom. The maximum atomic E-state index is 12.3. The van der Waals surface area contributed by atoms with Gasteiger partial charge in [0.2, 0.25) is 0 Å². The number of rotatable bonds is 2. The van der Waals surface area contributed by atoms with Gasteiger partial charge in [-0.15, -0.1) is 11.3 Å². The normalized spacial score (nSPS) is 11.4. The number of nitrogens with one attached hydrogen (secondary N) is 1. The molecule has 0 aliphatic carbocycles. The molecule has 3 aromatic heterocycles. The minimum Gasteiger partial charge on any atom is -0.267 e. The Morgan fingerprint density at radius 2 is 1.85 bits per heavy atom. The first-order chi connectivity index (χ1) is 12.7. The Kier molecular flexibility index (Phi) is 3.23. The molecule has 0 atom stereocenters. The molecule has 26 heavy (non-hydrogen) atoms. The van der Waals surface area contributed by atoms with Crippen LogP contribution in [0.2, 0.25) is 0 Å². The average Bonchev–Trinajstić information content (AvgIpc) is 3.29. The third-order valence-electron chi connectivity index (χ3n) is 4.32. The van der Waals surface area contributed by atoms with Crippen LogP contribution in [0.5, 0.6) is 0 Å². The molecule has 0 amide bonds. The van der Waals surface area contributed by atoms with Gasteiger partial charge in [0.1, 0.15) is 5.01 Å². The number of benzene rings is 2. The predicted octanol–water partition coefficient (Wildman–Crippen LogP) is 3.67. The van der Waals surface area contributed by atoms with Gasteiger partial charge in [-0.25, -0.2) is 14.7 Å². The number of fused-ring (bicyclic) bond motifs is 3. The van der Waals surface area contributed by atoms with Crippen molar-refractivity contribution < 1.29 is 0 Å². The molecule has 0 bridgehead atoms. The summed E-state index contributed by atoms with van der Waals surface area (Å²) in [6.07, 6.45) is 0. The highest BCUT2D eigenvalue weighted by atomic mass is 32.1. The molecule has 5 aromatic rings. The zero-order valence-corrected chi connectivity index (χ0v) is 14.6. The van der Waals surface area contributed by atoms with Crippen LogP contribution in [0.15, 0.2) is 58.7 Å². The van der Waals surface area contributed by atoms with E-state index in [1.165, 1.54) is 16.9 Å². The summed E-state index contributed by atoms with van der Waals surface area (Å²) in [6.45, 7) is 2.06. The first-order valence-electron chi connectivity index (χ1n) is 8.09. The van der Waals surface area contributed by atoms with Crippen molar-refractivity contribution in [2.45, 2.75) is 6.92 Å². The van der Waals surface area contributed by atoms with E-state index in [2.05, 4.69) is 34.4 Å². The standard InChI is InChI=1S/C19H13N5OS/c1-11-6-8-12(9-7-11)14-10-26-19(20-14)16-17-21-18(25)13-4-2-3-5-15(13)24(17)23-22-16/h2-10,23H,1H3. The summed E-state index contributed by atoms with van der Waals surface area (Å²) in [5.74, 6) is 0. The Morgan fingerprint density at radius 3 is 2.69 bits per heavy atom. The minimum atomic E-state index is -0.265. The molecule has 5 rings (SSSR count). The van der Waals surface area contributed by atoms with Gasteiger partial charge in [0, 0.05) is 10.9 Å². The lowest BCUT2D eigenvalue weighted by Crippen LogP contribution is -2.10. The molecular formula is C19H13N5OS. The minimum absolute atomic E-state index is 0.265. The largest absolute Gasteiger partial charge is 0.281 e. The molecule has 0 saturated heterocycles. The van der Waals surface area contributed by atoms with Gasteiger partial charge >= 0.3 is 0 Å². The van der Waals surface area contributed by atoms with Crippen LogP contribution in [0.3, 0.4) is 0 Å². The maximum Gasteiger partial charge on any atom is 0.281 e. The molecule has 126 valence electrons. The van der Waals surface area contributed by atoms with Gasteiger partial charge in [-0.05, 0) is 19.1 Å². The number of para-hydroxylation sites is 1. The molecule has 0 saturated carbocycles. The first kappa shape index (κ1) is 15.0. The summed E-state index contributed by atoms with van der Waals surface area (Å²) in [4.78, 5) is 21.3. The van der Waals surface area contributed by atoms with Crippen LogP contribution in [-0.4, -0.2) is 24.8 Å². The van der Waals surface area contributed by atoms with Gasteiger partial charge in [0.15, 0.2) is 11.3 Å². The van der Waals surface area contributed by atoms with Crippen molar-refractivity contribution in [3.05, 3.63) is 69.8 Å². The molecule has 0 aliphatic rings. The Labute approximate surface area is 151 Å². The topological polar surface area (TPSA) is 75.9 Å². The number of thiazole rings is 1. The molecular weight excluding hydrogens is 346 g/mol. The third kappa shape index (κ3) is 2.25. The molecule has 0 spiro atoms. The second kappa shape index (κ2) is 5.60. The van der Waals surface area contributed by atoms with Gasteiger partial charge in [-0.3, -0.25) is 4.79 Å². The quantitative estimate of drug-likeness (QED) is 0.522. The maximum absolute atomic E-state index is 12.3. The number of aryl methyl sites for hydroxylation is 1. The van der Waals surface area contributed by atoms with E-state index in [1.54, 1.807) is 10.6 Å². The second-order valence-electron chi connectivity index (χ2n) is 6.06. The van der Waals surface area contributed by atoms with Gasteiger partial charge in [-0.1, -0.05) is 42.0 Å². The molecule has 6 nitrogen and oxygen atoms in total. The van der Waals surface area contributed by atoms with Crippen molar-refractivity contribution in [1.82, 2.24) is 24.8 Å². The van der Waals surface area contributed by atoms with Crippen molar-refractivity contribution in [3.63, 3.8) is 0 Å². The summed E-state index contributed by atoms with van der Waals surface area (Å²) >= 11 is 1.48. The molecule has 0 unspecified atom stereocenters. The van der Waals surface area contributed by atoms with Crippen molar-refractivity contribution >= 4 is 27.9 Å². The number of nitrogens with zero attached hydrogens (tertiary/aromatic N) is 4. The highest BCUT2D eigenvalue weighted by Crippen LogP contribution is 2.30. The van der Waals surface area contributed by atoms with Crippen LogP contribution >= 0.6 is 11.3 Å². The zero-order chi connectivity index (χ0) is 17.7. The van der Waals surface area contributed by atoms with Crippen LogP contribution in [0, 0.1) is 6.92 Å². The van der Waals surface area contributed by atoms with Crippen LogP contribution in [-0.2, 0) is 0 Å². The predicted molar refractivity (Wildman–Crippen MR) is 102 cm³/mol. The molecule has 7 heteroatoms. The summed E-state index contributed by atoms with van der Waals surface area (Å²) in [6, 6.07) is 15.6. The van der Waals surface area contributed by atoms with E-state index in [0.717, 1.165) is 21.8 Å². The Balaban J connectivity index is 1.68. The fraction of sp³-hybridized carbons (Fsp3) is 0.0526. The van der Waals surface area contributed by atoms with Gasteiger partial charge < -0.3 is 0 Å². The summed E-state index contributed by atoms with van der Waals surface area (Å²) in [5, 5.41) is 10.6. The van der Waals surface area contributed by atoms with E-state index in [1.807, 2.05) is 35.7 Å². The van der Waals surface area contributed by atoms with E-state index >= 15 is 0 Å². The fourth-order valence-electron chi connectivity index (χ4n) is 2.96. The number of H-pyrrole nitrogens is 1. The summed E-state index contributed by atoms with van der Waals surface area (Å²) in [5.41, 5.74) is 4.69. The van der Waals surface area contributed by atoms with E-state index in [-0.39, 0.29) is 5.56 Å². The SMILES string of the molecule is Cc1ccc(-c2csc(-c3n[nH]n4c3nc(=O)c3ccccc34)n2)cc1. The highest BCUT2D eigenvalue weighted by Gasteiger charge is 2.16. The highest BCUT2D eigenvalue weighted by molar-refractivity contribution is 7.13. The monoisotopic (exact) mass is 359 g/mol. The Bertz CT molecular complexity index is 1310. The van der Waals surface area contributed by atoms with Gasteiger partial charge in [0.05, 0.1) is 16.6 Å². The summed E-state index contributed by atoms with van der Waals surface area (Å²) in [7, 11) is 0. The summed E-state index contributed by atoms with van der Waals surface area (Å²) < 4.78 is 1.72. The van der Waals surface area contributed by atoms with Crippen LogP contribution < -0.4 is 5.56 Å². The van der Waals surface area contributed by atoms with Crippen LogP contribution in [0.25, 0.3) is 38.5 Å². The molecule has 2 aromatic carbocycles. The second-order valence-corrected chi connectivity index (χ2v) is 6.92. The first-order valence-corrected chi connectivity index (χ1v) is 8.97. The van der Waals surface area contributed by atoms with E-state index < -0.39 is 0 Å². The fourth-order valence-corrected chi connectivity index (χ4v) is 3.77. The van der Waals surface area contributed by atoms with Gasteiger partial charge in [-0.2, -0.15) is 10.1 Å². The lowest BCUT2D eigenvalue weighted by molar-refractivity contribution is 0.874. The molecule has 1 N–H and O–H groups in total. The van der Waals surface area contributed by atoms with Crippen LogP contribution in [0.4, 0.5) is 0 Å². The van der Waals surface area contributed by atoms with Gasteiger partial charge in [0.25, 0.3) is 5.56 Å². The smallest absolute Gasteiger partial charge is 0.267 e. The Hall–Kier alpha value is -3.32. The van der Waals surface area contributed by atoms with Crippen molar-refractivity contribution in [2.24, 2.45) is 0 Å². The number of aromatic amines is 1. The number of hydrogen-bond donors (Lipinski definition) is 1. The number of aromatic nitrogens is 5. The van der Waals surface area contributed by atoms with Crippen molar-refractivity contribution in [1.29, 1.82) is 0 Å². The third-order valence-corrected chi connectivity index (χ3v) is 5.17. The van der Waals surface area contributed by atoms with E-state index in [0.29, 0.717) is 16.7 Å². The van der Waals surface area contributed by atoms with E-state index in [9.17, 15) is 4.79 Å². The molecule has 3 heterocycles. The van der Waals surface area contributed by atoms with Crippen LogP contribution in [0.1, 0.15) is 5.56 Å². The molecule has 0 fully saturated rings. The number of hydrogen-bond acceptors (Lipinski definition) is 5.